The highest BCUT2D eigenvalue weighted by Gasteiger charge is 2.07. The van der Waals surface area contributed by atoms with Crippen LogP contribution in [0.2, 0.25) is 0 Å². The molecular formula is C10H9BrOS2. The zero-order chi connectivity index (χ0) is 10.1. The summed E-state index contributed by atoms with van der Waals surface area (Å²) in [6.45, 7) is 2.68. The predicted octanol–water partition coefficient (Wildman–Crippen LogP) is 4.35. The van der Waals surface area contributed by atoms with Gasteiger partial charge in [-0.3, -0.25) is 0 Å². The maximum atomic E-state index is 5.43. The van der Waals surface area contributed by atoms with Crippen LogP contribution in [0.15, 0.2) is 26.9 Å². The van der Waals surface area contributed by atoms with Crippen LogP contribution in [0.5, 0.6) is 5.75 Å². The molecule has 1 nitrogen and oxygen atoms in total. The molecule has 0 N–H and O–H groups in total. The van der Waals surface area contributed by atoms with E-state index in [1.165, 1.54) is 10.1 Å². The smallest absolute Gasteiger partial charge is 0.120 e. The third-order valence-electron chi connectivity index (χ3n) is 1.90. The topological polar surface area (TPSA) is 9.23 Å². The molecule has 1 aromatic carbocycles. The second-order valence-corrected chi connectivity index (χ2v) is 5.63. The van der Waals surface area contributed by atoms with Crippen LogP contribution >= 0.6 is 39.9 Å². The number of fused-ring (bicyclic) bond motifs is 1. The lowest BCUT2D eigenvalue weighted by Gasteiger charge is -2.01. The van der Waals surface area contributed by atoms with Crippen molar-refractivity contribution in [2.75, 3.05) is 6.61 Å². The molecule has 2 rings (SSSR count). The standard InChI is InChI=1S/C10H9BrOS2/c1-2-12-6-3-4-7-8(5-6)14-10(11)9(7)13/h3-5,13H,2H2,1H3. The number of benzene rings is 1. The van der Waals surface area contributed by atoms with Gasteiger partial charge in [0.2, 0.25) is 0 Å². The van der Waals surface area contributed by atoms with Crippen LogP contribution in [0, 0.1) is 0 Å². The summed E-state index contributed by atoms with van der Waals surface area (Å²) in [6.07, 6.45) is 0. The van der Waals surface area contributed by atoms with E-state index in [0.29, 0.717) is 6.61 Å². The summed E-state index contributed by atoms with van der Waals surface area (Å²) in [4.78, 5) is 1.01. The zero-order valence-electron chi connectivity index (χ0n) is 7.58. The Balaban J connectivity index is 2.56. The summed E-state index contributed by atoms with van der Waals surface area (Å²) < 4.78 is 7.70. The monoisotopic (exact) mass is 288 g/mol. The van der Waals surface area contributed by atoms with Gasteiger partial charge in [0.05, 0.1) is 10.4 Å². The average molecular weight is 289 g/mol. The first kappa shape index (κ1) is 10.3. The molecule has 0 aliphatic carbocycles. The van der Waals surface area contributed by atoms with Crippen LogP contribution in [0.4, 0.5) is 0 Å². The van der Waals surface area contributed by atoms with Gasteiger partial charge in [-0.05, 0) is 41.1 Å². The SMILES string of the molecule is CCOc1ccc2c(S)c(Br)sc2c1. The van der Waals surface area contributed by atoms with Crippen LogP contribution in [0.3, 0.4) is 0 Å². The third kappa shape index (κ3) is 1.78. The first-order valence-corrected chi connectivity index (χ1v) is 6.32. The fourth-order valence-corrected chi connectivity index (χ4v) is 3.29. The number of rotatable bonds is 2. The van der Waals surface area contributed by atoms with Crippen molar-refractivity contribution in [3.63, 3.8) is 0 Å². The molecule has 0 fully saturated rings. The Bertz CT molecular complexity index is 464. The second kappa shape index (κ2) is 4.13. The Morgan fingerprint density at radius 1 is 1.50 bits per heavy atom. The van der Waals surface area contributed by atoms with E-state index in [-0.39, 0.29) is 0 Å². The lowest BCUT2D eigenvalue weighted by molar-refractivity contribution is 0.341. The maximum absolute atomic E-state index is 5.43. The van der Waals surface area contributed by atoms with E-state index in [1.807, 2.05) is 25.1 Å². The molecule has 2 aromatic rings. The number of ether oxygens (including phenoxy) is 1. The third-order valence-corrected chi connectivity index (χ3v) is 4.65. The summed E-state index contributed by atoms with van der Waals surface area (Å²) in [5.74, 6) is 0.919. The van der Waals surface area contributed by atoms with Crippen molar-refractivity contribution < 1.29 is 4.74 Å². The van der Waals surface area contributed by atoms with Crippen molar-refractivity contribution in [3.8, 4) is 5.75 Å². The average Bonchev–Trinajstić information content (AvgIpc) is 2.43. The van der Waals surface area contributed by atoms with Gasteiger partial charge in [-0.15, -0.1) is 24.0 Å². The summed E-state index contributed by atoms with van der Waals surface area (Å²) in [7, 11) is 0. The van der Waals surface area contributed by atoms with Crippen molar-refractivity contribution in [3.05, 3.63) is 22.0 Å². The molecule has 0 bridgehead atoms. The van der Waals surface area contributed by atoms with E-state index in [1.54, 1.807) is 11.3 Å². The number of thiol groups is 1. The van der Waals surface area contributed by atoms with Crippen LogP contribution in [0.1, 0.15) is 6.92 Å². The number of halogens is 1. The van der Waals surface area contributed by atoms with Crippen molar-refractivity contribution in [1.82, 2.24) is 0 Å². The fourth-order valence-electron chi connectivity index (χ4n) is 1.29. The Hall–Kier alpha value is -0.190. The van der Waals surface area contributed by atoms with E-state index >= 15 is 0 Å². The van der Waals surface area contributed by atoms with Crippen LogP contribution in [0.25, 0.3) is 10.1 Å². The van der Waals surface area contributed by atoms with Gasteiger partial charge in [0.25, 0.3) is 0 Å². The Morgan fingerprint density at radius 2 is 2.29 bits per heavy atom. The minimum Gasteiger partial charge on any atom is -0.494 e. The molecule has 0 atom stereocenters. The fraction of sp³-hybridized carbons (Fsp3) is 0.200. The van der Waals surface area contributed by atoms with Gasteiger partial charge in [0.15, 0.2) is 0 Å². The molecule has 0 saturated carbocycles. The molecule has 74 valence electrons. The summed E-state index contributed by atoms with van der Waals surface area (Å²) in [6, 6.07) is 6.07. The Labute approximate surface area is 101 Å². The van der Waals surface area contributed by atoms with Crippen molar-refractivity contribution in [1.29, 1.82) is 0 Å². The predicted molar refractivity (Wildman–Crippen MR) is 67.9 cm³/mol. The second-order valence-electron chi connectivity index (χ2n) is 2.82. The van der Waals surface area contributed by atoms with Gasteiger partial charge in [-0.1, -0.05) is 0 Å². The Kier molecular flexibility index (Phi) is 3.04. The van der Waals surface area contributed by atoms with Crippen LogP contribution < -0.4 is 4.74 Å². The molecule has 14 heavy (non-hydrogen) atoms. The highest BCUT2D eigenvalue weighted by atomic mass is 79.9. The quantitative estimate of drug-likeness (QED) is 0.809. The van der Waals surface area contributed by atoms with Crippen molar-refractivity contribution in [2.45, 2.75) is 11.8 Å². The molecule has 1 aromatic heterocycles. The molecule has 0 aliphatic rings. The normalized spacial score (nSPS) is 10.8. The van der Waals surface area contributed by atoms with Gasteiger partial charge >= 0.3 is 0 Å². The van der Waals surface area contributed by atoms with E-state index in [9.17, 15) is 0 Å². The lowest BCUT2D eigenvalue weighted by Crippen LogP contribution is -1.89. The molecule has 0 spiro atoms. The molecular weight excluding hydrogens is 280 g/mol. The van der Waals surface area contributed by atoms with E-state index in [4.69, 9.17) is 4.74 Å². The minimum atomic E-state index is 0.700. The minimum absolute atomic E-state index is 0.700. The van der Waals surface area contributed by atoms with Crippen molar-refractivity contribution >= 4 is 50.0 Å². The maximum Gasteiger partial charge on any atom is 0.120 e. The van der Waals surface area contributed by atoms with Gasteiger partial charge in [0, 0.05) is 15.0 Å². The molecule has 0 amide bonds. The van der Waals surface area contributed by atoms with Gasteiger partial charge in [-0.25, -0.2) is 0 Å². The molecule has 0 unspecified atom stereocenters. The van der Waals surface area contributed by atoms with Crippen LogP contribution in [-0.2, 0) is 0 Å². The van der Waals surface area contributed by atoms with Gasteiger partial charge < -0.3 is 4.74 Å². The first-order chi connectivity index (χ1) is 6.72. The van der Waals surface area contributed by atoms with E-state index in [2.05, 4.69) is 28.6 Å². The zero-order valence-corrected chi connectivity index (χ0v) is 10.9. The number of thiophene rings is 1. The number of hydrogen-bond donors (Lipinski definition) is 1. The summed E-state index contributed by atoms with van der Waals surface area (Å²) >= 11 is 9.58. The molecule has 1 heterocycles. The molecule has 0 saturated heterocycles. The highest BCUT2D eigenvalue weighted by Crippen LogP contribution is 2.39. The lowest BCUT2D eigenvalue weighted by atomic mass is 10.2. The van der Waals surface area contributed by atoms with Gasteiger partial charge in [0.1, 0.15) is 5.75 Å². The molecule has 0 radical (unpaired) electrons. The van der Waals surface area contributed by atoms with E-state index < -0.39 is 0 Å². The largest absolute Gasteiger partial charge is 0.494 e. The molecule has 4 heteroatoms. The Morgan fingerprint density at radius 3 is 3.00 bits per heavy atom. The number of hydrogen-bond acceptors (Lipinski definition) is 3. The first-order valence-electron chi connectivity index (χ1n) is 4.26. The summed E-state index contributed by atoms with van der Waals surface area (Å²) in [5.41, 5.74) is 0. The highest BCUT2D eigenvalue weighted by molar-refractivity contribution is 9.11. The van der Waals surface area contributed by atoms with Gasteiger partial charge in [-0.2, -0.15) is 0 Å². The van der Waals surface area contributed by atoms with E-state index in [0.717, 1.165) is 14.4 Å². The molecule has 0 aliphatic heterocycles. The van der Waals surface area contributed by atoms with Crippen LogP contribution in [-0.4, -0.2) is 6.61 Å². The van der Waals surface area contributed by atoms with Crippen molar-refractivity contribution in [2.24, 2.45) is 0 Å². The summed E-state index contributed by atoms with van der Waals surface area (Å²) in [5, 5.41) is 1.17.